The van der Waals surface area contributed by atoms with Crippen molar-refractivity contribution in [1.29, 1.82) is 0 Å². The van der Waals surface area contributed by atoms with Crippen LogP contribution in [0.2, 0.25) is 0 Å². The average molecular weight is 368 g/mol. The number of hydrogen-bond acceptors (Lipinski definition) is 4. The molecule has 2 aromatic rings. The molecule has 0 unspecified atom stereocenters. The van der Waals surface area contributed by atoms with Crippen LogP contribution in [0.1, 0.15) is 64.8 Å². The summed E-state index contributed by atoms with van der Waals surface area (Å²) in [6.45, 7) is 6.90. The number of carbonyl (C=O) groups is 3. The van der Waals surface area contributed by atoms with E-state index in [4.69, 9.17) is 4.74 Å². The van der Waals surface area contributed by atoms with Gasteiger partial charge in [0.1, 0.15) is 0 Å². The van der Waals surface area contributed by atoms with Crippen molar-refractivity contribution in [2.45, 2.75) is 52.7 Å². The zero-order valence-corrected chi connectivity index (χ0v) is 16.0. The number of aromatic nitrogens is 1. The molecule has 1 aromatic heterocycles. The van der Waals surface area contributed by atoms with Gasteiger partial charge in [-0.15, -0.1) is 0 Å². The monoisotopic (exact) mass is 368 g/mol. The lowest BCUT2D eigenvalue weighted by molar-refractivity contribution is -0.123. The number of carbonyl (C=O) groups excluding carboxylic acids is 3. The summed E-state index contributed by atoms with van der Waals surface area (Å²) in [6, 6.07) is 8.87. The topological polar surface area (TPSA) is 77.4 Å². The van der Waals surface area contributed by atoms with E-state index in [0.717, 1.165) is 24.2 Å². The molecule has 1 atom stereocenters. The van der Waals surface area contributed by atoms with E-state index in [0.29, 0.717) is 22.9 Å². The summed E-state index contributed by atoms with van der Waals surface area (Å²) in [5.74, 6) is -0.960. The van der Waals surface area contributed by atoms with Gasteiger partial charge in [0.2, 0.25) is 0 Å². The Morgan fingerprint density at radius 1 is 1.15 bits per heavy atom. The fourth-order valence-corrected chi connectivity index (χ4v) is 3.19. The minimum atomic E-state index is -0.936. The van der Waals surface area contributed by atoms with E-state index in [1.54, 1.807) is 24.3 Å². The fraction of sp³-hybridized carbons (Fsp3) is 0.381. The summed E-state index contributed by atoms with van der Waals surface area (Å²) in [7, 11) is 0. The molecule has 3 rings (SSSR count). The number of amides is 1. The van der Waals surface area contributed by atoms with Gasteiger partial charge in [-0.2, -0.15) is 0 Å². The highest BCUT2D eigenvalue weighted by atomic mass is 16.5. The van der Waals surface area contributed by atoms with Crippen LogP contribution in [0.3, 0.4) is 0 Å². The molecule has 1 aliphatic carbocycles. The van der Waals surface area contributed by atoms with Crippen molar-refractivity contribution < 1.29 is 19.1 Å². The maximum atomic E-state index is 12.5. The fourth-order valence-electron chi connectivity index (χ4n) is 3.19. The molecule has 0 saturated heterocycles. The van der Waals surface area contributed by atoms with Gasteiger partial charge >= 0.3 is 5.97 Å². The predicted octanol–water partition coefficient (Wildman–Crippen LogP) is 3.83. The van der Waals surface area contributed by atoms with Gasteiger partial charge in [-0.1, -0.05) is 0 Å². The molecule has 0 spiro atoms. The molecule has 1 amide bonds. The number of Topliss-reactive ketones (excluding diaryl/α,β-unsaturated/α-hetero) is 1. The molecule has 27 heavy (non-hydrogen) atoms. The molecular weight excluding hydrogens is 344 g/mol. The predicted molar refractivity (Wildman–Crippen MR) is 102 cm³/mol. The largest absolute Gasteiger partial charge is 0.449 e. The summed E-state index contributed by atoms with van der Waals surface area (Å²) in [6.07, 6.45) is 1.33. The van der Waals surface area contributed by atoms with Crippen LogP contribution in [0.5, 0.6) is 0 Å². The number of ether oxygens (including phenoxy) is 1. The van der Waals surface area contributed by atoms with Crippen LogP contribution in [0.15, 0.2) is 30.3 Å². The lowest BCUT2D eigenvalue weighted by Crippen LogP contribution is -2.30. The van der Waals surface area contributed by atoms with E-state index < -0.39 is 18.0 Å². The summed E-state index contributed by atoms with van der Waals surface area (Å²) in [4.78, 5) is 36.1. The highest BCUT2D eigenvalue weighted by Crippen LogP contribution is 2.38. The van der Waals surface area contributed by atoms with Crippen molar-refractivity contribution in [3.8, 4) is 0 Å². The number of aryl methyl sites for hydroxylation is 1. The Morgan fingerprint density at radius 3 is 2.33 bits per heavy atom. The van der Waals surface area contributed by atoms with Crippen molar-refractivity contribution in [2.24, 2.45) is 0 Å². The molecule has 1 fully saturated rings. The van der Waals surface area contributed by atoms with Crippen molar-refractivity contribution >= 4 is 23.3 Å². The van der Waals surface area contributed by atoms with E-state index in [1.165, 1.54) is 13.8 Å². The van der Waals surface area contributed by atoms with E-state index in [9.17, 15) is 14.4 Å². The zero-order chi connectivity index (χ0) is 19.7. The summed E-state index contributed by atoms with van der Waals surface area (Å²) >= 11 is 0. The molecule has 1 aliphatic rings. The molecule has 0 radical (unpaired) electrons. The molecule has 1 aromatic carbocycles. The Labute approximate surface area is 158 Å². The number of nitrogens with one attached hydrogen (secondary N) is 1. The molecular formula is C21H24N2O4. The molecule has 1 N–H and O–H groups in total. The average Bonchev–Trinajstić information content (AvgIpc) is 3.40. The van der Waals surface area contributed by atoms with Gasteiger partial charge in [0.15, 0.2) is 11.9 Å². The molecule has 6 nitrogen and oxygen atoms in total. The second-order valence-corrected chi connectivity index (χ2v) is 7.06. The molecule has 142 valence electrons. The summed E-state index contributed by atoms with van der Waals surface area (Å²) < 4.78 is 7.53. The second kappa shape index (κ2) is 7.39. The molecule has 0 bridgehead atoms. The maximum absolute atomic E-state index is 12.5. The number of hydrogen-bond donors (Lipinski definition) is 1. The zero-order valence-electron chi connectivity index (χ0n) is 16.0. The Bertz CT molecular complexity index is 892. The van der Waals surface area contributed by atoms with Gasteiger partial charge < -0.3 is 14.6 Å². The summed E-state index contributed by atoms with van der Waals surface area (Å²) in [5, 5.41) is 2.69. The lowest BCUT2D eigenvalue weighted by Gasteiger charge is -2.14. The van der Waals surface area contributed by atoms with E-state index in [2.05, 4.69) is 9.88 Å². The van der Waals surface area contributed by atoms with Gasteiger partial charge in [-0.25, -0.2) is 4.79 Å². The standard InChI is InChI=1S/C21H24N2O4/c1-12-11-19(13(2)23(12)18-9-10-18)21(26)27-15(4)20(25)22-17-7-5-16(6-8-17)14(3)24/h5-8,11,15,18H,9-10H2,1-4H3,(H,22,25)/t15-/m0/s1. The van der Waals surface area contributed by atoms with Crippen molar-refractivity contribution in [2.75, 3.05) is 5.32 Å². The van der Waals surface area contributed by atoms with Crippen LogP contribution in [0.4, 0.5) is 5.69 Å². The van der Waals surface area contributed by atoms with Crippen LogP contribution in [0.25, 0.3) is 0 Å². The third-order valence-corrected chi connectivity index (χ3v) is 4.83. The number of nitrogens with zero attached hydrogens (tertiary/aromatic N) is 1. The van der Waals surface area contributed by atoms with Crippen molar-refractivity contribution in [3.05, 3.63) is 52.8 Å². The van der Waals surface area contributed by atoms with Crippen LogP contribution < -0.4 is 5.32 Å². The molecule has 1 heterocycles. The highest BCUT2D eigenvalue weighted by Gasteiger charge is 2.29. The highest BCUT2D eigenvalue weighted by molar-refractivity contribution is 5.98. The molecule has 6 heteroatoms. The van der Waals surface area contributed by atoms with E-state index >= 15 is 0 Å². The van der Waals surface area contributed by atoms with Crippen LogP contribution in [0, 0.1) is 13.8 Å². The number of anilines is 1. The summed E-state index contributed by atoms with van der Waals surface area (Å²) in [5.41, 5.74) is 3.53. The van der Waals surface area contributed by atoms with Gasteiger partial charge in [-0.3, -0.25) is 9.59 Å². The van der Waals surface area contributed by atoms with E-state index in [-0.39, 0.29) is 5.78 Å². The quantitative estimate of drug-likeness (QED) is 0.621. The third kappa shape index (κ3) is 4.10. The van der Waals surface area contributed by atoms with Gasteiger partial charge in [0, 0.05) is 28.7 Å². The first-order chi connectivity index (χ1) is 12.8. The van der Waals surface area contributed by atoms with Gasteiger partial charge in [0.25, 0.3) is 5.91 Å². The first-order valence-electron chi connectivity index (χ1n) is 9.09. The van der Waals surface area contributed by atoms with Gasteiger partial charge in [0.05, 0.1) is 5.56 Å². The first kappa shape index (κ1) is 18.9. The Hall–Kier alpha value is -2.89. The molecule has 0 aliphatic heterocycles. The second-order valence-electron chi connectivity index (χ2n) is 7.06. The minimum Gasteiger partial charge on any atom is -0.449 e. The SMILES string of the molecule is CC(=O)c1ccc(NC(=O)[C@H](C)OC(=O)c2cc(C)n(C3CC3)c2C)cc1. The third-order valence-electron chi connectivity index (χ3n) is 4.83. The maximum Gasteiger partial charge on any atom is 0.340 e. The Kier molecular flexibility index (Phi) is 5.17. The van der Waals surface area contributed by atoms with Crippen LogP contribution in [-0.4, -0.2) is 28.3 Å². The van der Waals surface area contributed by atoms with Crippen molar-refractivity contribution in [3.63, 3.8) is 0 Å². The minimum absolute atomic E-state index is 0.0426. The molecule has 1 saturated carbocycles. The lowest BCUT2D eigenvalue weighted by atomic mass is 10.1. The number of ketones is 1. The van der Waals surface area contributed by atoms with Gasteiger partial charge in [-0.05, 0) is 70.9 Å². The Balaban J connectivity index is 1.63. The number of esters is 1. The van der Waals surface area contributed by atoms with Crippen LogP contribution in [-0.2, 0) is 9.53 Å². The number of rotatable bonds is 6. The normalized spacial score (nSPS) is 14.5. The van der Waals surface area contributed by atoms with Crippen molar-refractivity contribution in [1.82, 2.24) is 4.57 Å². The van der Waals surface area contributed by atoms with E-state index in [1.807, 2.05) is 19.9 Å². The first-order valence-corrected chi connectivity index (χ1v) is 9.09. The van der Waals surface area contributed by atoms with Crippen LogP contribution >= 0.6 is 0 Å². The Morgan fingerprint density at radius 2 is 1.78 bits per heavy atom. The smallest absolute Gasteiger partial charge is 0.340 e. The number of benzene rings is 1.